The normalized spacial score (nSPS) is 13.9. The molecule has 38 heavy (non-hydrogen) atoms. The molecule has 0 bridgehead atoms. The van der Waals surface area contributed by atoms with E-state index in [1.807, 2.05) is 25.1 Å². The highest BCUT2D eigenvalue weighted by molar-refractivity contribution is 5.94. The number of carbonyl (C=O) groups is 1. The van der Waals surface area contributed by atoms with Crippen molar-refractivity contribution in [2.75, 3.05) is 44.8 Å². The Labute approximate surface area is 224 Å². The third kappa shape index (κ3) is 6.39. The van der Waals surface area contributed by atoms with Crippen LogP contribution in [0.15, 0.2) is 78.9 Å². The van der Waals surface area contributed by atoms with Crippen molar-refractivity contribution in [3.63, 3.8) is 0 Å². The molecule has 0 amide bonds. The van der Waals surface area contributed by atoms with Crippen molar-refractivity contribution in [2.45, 2.75) is 26.3 Å². The Kier molecular flexibility index (Phi) is 8.64. The Morgan fingerprint density at radius 3 is 2.53 bits per heavy atom. The molecule has 5 rings (SSSR count). The van der Waals surface area contributed by atoms with Crippen molar-refractivity contribution < 1.29 is 14.3 Å². The molecule has 6 heteroatoms. The van der Waals surface area contributed by atoms with Gasteiger partial charge in [-0.2, -0.15) is 0 Å². The van der Waals surface area contributed by atoms with Crippen molar-refractivity contribution >= 4 is 22.6 Å². The number of aromatic nitrogens is 1. The van der Waals surface area contributed by atoms with Crippen LogP contribution in [0.25, 0.3) is 33.3 Å². The lowest BCUT2D eigenvalue weighted by Gasteiger charge is -2.27. The van der Waals surface area contributed by atoms with Crippen LogP contribution < -0.4 is 5.32 Å². The molecule has 1 saturated heterocycles. The number of nitrogens with zero attached hydrogens (tertiary/aromatic N) is 2. The fraction of sp³-hybridized carbons (Fsp3) is 0.312. The smallest absolute Gasteiger partial charge is 0.305 e. The van der Waals surface area contributed by atoms with Crippen molar-refractivity contribution in [3.05, 3.63) is 84.4 Å². The van der Waals surface area contributed by atoms with E-state index < -0.39 is 0 Å². The van der Waals surface area contributed by atoms with E-state index in [0.717, 1.165) is 60.7 Å². The first-order valence-electron chi connectivity index (χ1n) is 13.5. The van der Waals surface area contributed by atoms with Gasteiger partial charge in [0.2, 0.25) is 0 Å². The van der Waals surface area contributed by atoms with Crippen LogP contribution in [-0.4, -0.2) is 55.3 Å². The third-order valence-corrected chi connectivity index (χ3v) is 6.90. The molecule has 2 heterocycles. The number of pyridine rings is 1. The average Bonchev–Trinajstić information content (AvgIpc) is 2.96. The first-order valence-corrected chi connectivity index (χ1v) is 13.5. The molecule has 0 unspecified atom stereocenters. The van der Waals surface area contributed by atoms with Gasteiger partial charge in [-0.15, -0.1) is 0 Å². The van der Waals surface area contributed by atoms with E-state index >= 15 is 0 Å². The Hall–Kier alpha value is -3.74. The van der Waals surface area contributed by atoms with Crippen molar-refractivity contribution in [3.8, 4) is 22.4 Å². The molecule has 4 aromatic rings. The van der Waals surface area contributed by atoms with Gasteiger partial charge in [0, 0.05) is 49.2 Å². The second kappa shape index (κ2) is 12.7. The van der Waals surface area contributed by atoms with E-state index in [-0.39, 0.29) is 5.97 Å². The van der Waals surface area contributed by atoms with Gasteiger partial charge in [0.15, 0.2) is 0 Å². The zero-order valence-electron chi connectivity index (χ0n) is 22.0. The van der Waals surface area contributed by atoms with Crippen LogP contribution >= 0.6 is 0 Å². The highest BCUT2D eigenvalue weighted by Crippen LogP contribution is 2.31. The minimum atomic E-state index is -0.152. The van der Waals surface area contributed by atoms with Crippen LogP contribution in [0.3, 0.4) is 0 Å². The largest absolute Gasteiger partial charge is 0.466 e. The van der Waals surface area contributed by atoms with Crippen LogP contribution in [-0.2, 0) is 20.8 Å². The maximum Gasteiger partial charge on any atom is 0.305 e. The van der Waals surface area contributed by atoms with Crippen LogP contribution in [0.4, 0.5) is 5.69 Å². The Bertz CT molecular complexity index is 1360. The van der Waals surface area contributed by atoms with Crippen LogP contribution in [0.5, 0.6) is 0 Å². The number of carbonyl (C=O) groups excluding carboxylic acids is 1. The number of rotatable bonds is 10. The number of hydrogen-bond donors (Lipinski definition) is 1. The number of anilines is 1. The average molecular weight is 510 g/mol. The molecule has 6 nitrogen and oxygen atoms in total. The molecule has 1 N–H and O–H groups in total. The number of fused-ring (bicyclic) bond motifs is 1. The topological polar surface area (TPSA) is 63.7 Å². The molecular formula is C32H35N3O3. The summed E-state index contributed by atoms with van der Waals surface area (Å²) in [6, 6.07) is 27.6. The molecule has 0 saturated carbocycles. The third-order valence-electron chi connectivity index (χ3n) is 6.90. The van der Waals surface area contributed by atoms with E-state index in [1.165, 1.54) is 16.7 Å². The molecule has 196 valence electrons. The second-order valence-corrected chi connectivity index (χ2v) is 9.53. The van der Waals surface area contributed by atoms with Crippen molar-refractivity contribution in [1.29, 1.82) is 0 Å². The van der Waals surface area contributed by atoms with Gasteiger partial charge in [-0.05, 0) is 42.2 Å². The maximum atomic E-state index is 11.7. The minimum absolute atomic E-state index is 0.152. The van der Waals surface area contributed by atoms with Gasteiger partial charge in [0.05, 0.1) is 31.0 Å². The molecule has 0 aliphatic carbocycles. The molecule has 1 fully saturated rings. The summed E-state index contributed by atoms with van der Waals surface area (Å²) in [5.74, 6) is -0.152. The lowest BCUT2D eigenvalue weighted by atomic mass is 9.97. The molecule has 0 spiro atoms. The molecule has 3 aromatic carbocycles. The molecular weight excluding hydrogens is 474 g/mol. The number of benzene rings is 3. The number of morpholine rings is 1. The van der Waals surface area contributed by atoms with Gasteiger partial charge < -0.3 is 14.8 Å². The maximum absolute atomic E-state index is 11.7. The summed E-state index contributed by atoms with van der Waals surface area (Å²) >= 11 is 0. The van der Waals surface area contributed by atoms with E-state index in [0.29, 0.717) is 26.0 Å². The summed E-state index contributed by atoms with van der Waals surface area (Å²) in [7, 11) is 0. The van der Waals surface area contributed by atoms with Gasteiger partial charge in [0.25, 0.3) is 0 Å². The predicted octanol–water partition coefficient (Wildman–Crippen LogP) is 6.16. The van der Waals surface area contributed by atoms with Gasteiger partial charge >= 0.3 is 5.97 Å². The first-order chi connectivity index (χ1) is 18.7. The lowest BCUT2D eigenvalue weighted by molar-refractivity contribution is -0.143. The van der Waals surface area contributed by atoms with Gasteiger partial charge in [0.1, 0.15) is 0 Å². The Morgan fingerprint density at radius 1 is 0.974 bits per heavy atom. The number of esters is 1. The Balaban J connectivity index is 1.35. The van der Waals surface area contributed by atoms with Crippen molar-refractivity contribution in [2.24, 2.45) is 0 Å². The van der Waals surface area contributed by atoms with Crippen LogP contribution in [0, 0.1) is 0 Å². The number of nitrogens with one attached hydrogen (secondary N) is 1. The fourth-order valence-corrected chi connectivity index (χ4v) is 4.92. The van der Waals surface area contributed by atoms with Gasteiger partial charge in [-0.25, -0.2) is 4.98 Å². The number of para-hydroxylation sites is 1. The summed E-state index contributed by atoms with van der Waals surface area (Å²) in [5, 5.41) is 4.59. The molecule has 1 aromatic heterocycles. The summed E-state index contributed by atoms with van der Waals surface area (Å²) in [5.41, 5.74) is 7.76. The van der Waals surface area contributed by atoms with E-state index in [1.54, 1.807) is 0 Å². The van der Waals surface area contributed by atoms with E-state index in [4.69, 9.17) is 14.5 Å². The standard InChI is InChI=1S/C32H35N3O3/c1-2-38-32(36)12-7-17-33-31-22-30(34-29-11-6-5-10-28(29)31)25-15-13-24(14-16-25)27-9-4-3-8-26(27)23-35-18-20-37-21-19-35/h3-6,8-11,13-16,22H,2,7,12,17-21,23H2,1H3,(H,33,34). The van der Waals surface area contributed by atoms with Gasteiger partial charge in [-0.3, -0.25) is 9.69 Å². The number of hydrogen-bond acceptors (Lipinski definition) is 6. The second-order valence-electron chi connectivity index (χ2n) is 9.53. The zero-order valence-corrected chi connectivity index (χ0v) is 22.0. The van der Waals surface area contributed by atoms with Crippen molar-refractivity contribution in [1.82, 2.24) is 9.88 Å². The molecule has 1 aliphatic heterocycles. The Morgan fingerprint density at radius 2 is 1.71 bits per heavy atom. The van der Waals surface area contributed by atoms with Crippen LogP contribution in [0.2, 0.25) is 0 Å². The molecule has 0 radical (unpaired) electrons. The summed E-state index contributed by atoms with van der Waals surface area (Å²) < 4.78 is 10.6. The zero-order chi connectivity index (χ0) is 26.2. The fourth-order valence-electron chi connectivity index (χ4n) is 4.92. The first kappa shape index (κ1) is 25.9. The highest BCUT2D eigenvalue weighted by atomic mass is 16.5. The van der Waals surface area contributed by atoms with Crippen LogP contribution in [0.1, 0.15) is 25.3 Å². The van der Waals surface area contributed by atoms with E-state index in [9.17, 15) is 4.79 Å². The van der Waals surface area contributed by atoms with Gasteiger partial charge in [-0.1, -0.05) is 66.7 Å². The summed E-state index contributed by atoms with van der Waals surface area (Å²) in [4.78, 5) is 19.1. The molecule has 0 atom stereocenters. The predicted molar refractivity (Wildman–Crippen MR) is 153 cm³/mol. The lowest BCUT2D eigenvalue weighted by Crippen LogP contribution is -2.35. The molecule has 1 aliphatic rings. The van der Waals surface area contributed by atoms with E-state index in [2.05, 4.69) is 70.9 Å². The quantitative estimate of drug-likeness (QED) is 0.204. The highest BCUT2D eigenvalue weighted by Gasteiger charge is 2.14. The number of ether oxygens (including phenoxy) is 2. The SMILES string of the molecule is CCOC(=O)CCCNc1cc(-c2ccc(-c3ccccc3CN3CCOCC3)cc2)nc2ccccc12. The summed E-state index contributed by atoms with van der Waals surface area (Å²) in [6.45, 7) is 7.42. The summed E-state index contributed by atoms with van der Waals surface area (Å²) in [6.07, 6.45) is 1.12. The minimum Gasteiger partial charge on any atom is -0.466 e. The monoisotopic (exact) mass is 509 g/mol.